The second-order valence-electron chi connectivity index (χ2n) is 4.83. The van der Waals surface area contributed by atoms with Crippen LogP contribution in [0.2, 0.25) is 0 Å². The summed E-state index contributed by atoms with van der Waals surface area (Å²) in [7, 11) is -1.95. The molecule has 0 spiro atoms. The van der Waals surface area contributed by atoms with Gasteiger partial charge in [0.25, 0.3) is 5.88 Å². The zero-order valence-corrected chi connectivity index (χ0v) is 13.6. The Morgan fingerprint density at radius 2 is 2.13 bits per heavy atom. The highest BCUT2D eigenvalue weighted by Gasteiger charge is 2.18. The van der Waals surface area contributed by atoms with Gasteiger partial charge in [0.2, 0.25) is 0 Å². The van der Waals surface area contributed by atoms with E-state index in [2.05, 4.69) is 15.4 Å². The molecule has 1 aromatic rings. The van der Waals surface area contributed by atoms with Gasteiger partial charge in [0.15, 0.2) is 15.6 Å². The van der Waals surface area contributed by atoms with E-state index in [1.54, 1.807) is 5.01 Å². The van der Waals surface area contributed by atoms with E-state index in [9.17, 15) is 13.2 Å². The van der Waals surface area contributed by atoms with Crippen LogP contribution in [-0.4, -0.2) is 69.2 Å². The van der Waals surface area contributed by atoms with E-state index >= 15 is 0 Å². The van der Waals surface area contributed by atoms with Crippen LogP contribution in [0.1, 0.15) is 5.82 Å². The Bertz CT molecular complexity index is 660. The summed E-state index contributed by atoms with van der Waals surface area (Å²) >= 11 is 0. The number of carbonyl (C=O) groups excluding carboxylic acids is 1. The molecule has 128 valence electrons. The normalized spacial score (nSPS) is 15.9. The maximum absolute atomic E-state index is 11.9. The number of nitrogens with one attached hydrogen (secondary N) is 1. The predicted molar refractivity (Wildman–Crippen MR) is 78.7 cm³/mol. The highest BCUT2D eigenvalue weighted by atomic mass is 32.2. The molecular formula is C12H18N4O6S. The first-order chi connectivity index (χ1) is 10.9. The highest BCUT2D eigenvalue weighted by molar-refractivity contribution is 7.89. The van der Waals surface area contributed by atoms with Crippen molar-refractivity contribution in [2.24, 2.45) is 0 Å². The standard InChI is InChI=1S/C12H18N4O6S/c1-20-9-7-13-10(8-23(2,18)19)14-11(9)22-12(17)15-16-3-5-21-6-4-16/h7H,3-6,8H2,1-2H3,(H,15,17). The quantitative estimate of drug-likeness (QED) is 0.742. The first-order valence-corrected chi connectivity index (χ1v) is 8.82. The smallest absolute Gasteiger partial charge is 0.428 e. The van der Waals surface area contributed by atoms with Crippen LogP contribution in [0.4, 0.5) is 4.79 Å². The average Bonchev–Trinajstić information content (AvgIpc) is 2.47. The van der Waals surface area contributed by atoms with Crippen LogP contribution in [-0.2, 0) is 20.3 Å². The zero-order chi connectivity index (χ0) is 16.9. The van der Waals surface area contributed by atoms with Gasteiger partial charge in [-0.25, -0.2) is 23.2 Å². The molecule has 1 aromatic heterocycles. The maximum atomic E-state index is 11.9. The van der Waals surface area contributed by atoms with Crippen molar-refractivity contribution in [3.05, 3.63) is 12.0 Å². The fraction of sp³-hybridized carbons (Fsp3) is 0.583. The number of methoxy groups -OCH3 is 1. The van der Waals surface area contributed by atoms with E-state index < -0.39 is 15.9 Å². The van der Waals surface area contributed by atoms with Crippen molar-refractivity contribution < 1.29 is 27.4 Å². The molecule has 11 heteroatoms. The van der Waals surface area contributed by atoms with Gasteiger partial charge in [-0.15, -0.1) is 0 Å². The number of carbonyl (C=O) groups is 1. The number of aromatic nitrogens is 2. The first kappa shape index (κ1) is 17.4. The Kier molecular flexibility index (Phi) is 5.69. The number of hydrogen-bond acceptors (Lipinski definition) is 9. The van der Waals surface area contributed by atoms with Gasteiger partial charge in [0, 0.05) is 19.3 Å². The number of ether oxygens (including phenoxy) is 3. The van der Waals surface area contributed by atoms with E-state index in [4.69, 9.17) is 14.2 Å². The molecule has 1 aliphatic rings. The summed E-state index contributed by atoms with van der Waals surface area (Å²) in [5, 5.41) is 1.65. The molecule has 0 atom stereocenters. The summed E-state index contributed by atoms with van der Waals surface area (Å²) in [6.45, 7) is 2.09. The van der Waals surface area contributed by atoms with E-state index in [0.29, 0.717) is 26.3 Å². The molecule has 1 amide bonds. The lowest BCUT2D eigenvalue weighted by molar-refractivity contribution is 0.0150. The van der Waals surface area contributed by atoms with Crippen molar-refractivity contribution >= 4 is 15.9 Å². The summed E-state index contributed by atoms with van der Waals surface area (Å²) in [5.74, 6) is -0.368. The van der Waals surface area contributed by atoms with Gasteiger partial charge >= 0.3 is 6.09 Å². The Morgan fingerprint density at radius 1 is 1.43 bits per heavy atom. The van der Waals surface area contributed by atoms with Gasteiger partial charge in [-0.05, 0) is 0 Å². The first-order valence-electron chi connectivity index (χ1n) is 6.76. The monoisotopic (exact) mass is 346 g/mol. The second-order valence-corrected chi connectivity index (χ2v) is 6.97. The molecule has 2 heterocycles. The molecule has 1 fully saturated rings. The lowest BCUT2D eigenvalue weighted by atomic mass is 10.5. The topological polar surface area (TPSA) is 120 Å². The molecular weight excluding hydrogens is 328 g/mol. The average molecular weight is 346 g/mol. The number of sulfone groups is 1. The minimum atomic E-state index is -3.31. The van der Waals surface area contributed by atoms with Crippen molar-refractivity contribution in [2.75, 3.05) is 39.7 Å². The van der Waals surface area contributed by atoms with Gasteiger partial charge < -0.3 is 14.2 Å². The third kappa shape index (κ3) is 5.62. The summed E-state index contributed by atoms with van der Waals surface area (Å²) in [6, 6.07) is 0. The molecule has 0 unspecified atom stereocenters. The molecule has 0 aliphatic carbocycles. The Morgan fingerprint density at radius 3 is 2.74 bits per heavy atom. The largest absolute Gasteiger partial charge is 0.490 e. The van der Waals surface area contributed by atoms with Crippen LogP contribution >= 0.6 is 0 Å². The van der Waals surface area contributed by atoms with Gasteiger partial charge in [-0.1, -0.05) is 0 Å². The summed E-state index contributed by atoms with van der Waals surface area (Å²) in [5.41, 5.74) is 2.54. The molecule has 23 heavy (non-hydrogen) atoms. The van der Waals surface area contributed by atoms with Crippen molar-refractivity contribution in [3.8, 4) is 11.6 Å². The zero-order valence-electron chi connectivity index (χ0n) is 12.8. The van der Waals surface area contributed by atoms with E-state index in [1.165, 1.54) is 13.3 Å². The Balaban J connectivity index is 2.06. The molecule has 2 rings (SSSR count). The molecule has 0 saturated carbocycles. The van der Waals surface area contributed by atoms with E-state index in [0.717, 1.165) is 6.26 Å². The fourth-order valence-electron chi connectivity index (χ4n) is 1.82. The van der Waals surface area contributed by atoms with E-state index in [1.807, 2.05) is 0 Å². The van der Waals surface area contributed by atoms with Crippen LogP contribution in [0.15, 0.2) is 6.20 Å². The van der Waals surface area contributed by atoms with Crippen LogP contribution in [0, 0.1) is 0 Å². The third-order valence-corrected chi connectivity index (χ3v) is 3.62. The van der Waals surface area contributed by atoms with Gasteiger partial charge in [-0.2, -0.15) is 4.98 Å². The molecule has 1 N–H and O–H groups in total. The fourth-order valence-corrected chi connectivity index (χ4v) is 2.43. The number of nitrogens with zero attached hydrogens (tertiary/aromatic N) is 3. The Labute approximate surface area is 133 Å². The number of hydrogen-bond donors (Lipinski definition) is 1. The van der Waals surface area contributed by atoms with Gasteiger partial charge in [0.05, 0.1) is 26.5 Å². The predicted octanol–water partition coefficient (Wildman–Crippen LogP) is -0.635. The molecule has 1 saturated heterocycles. The van der Waals surface area contributed by atoms with Crippen LogP contribution in [0.25, 0.3) is 0 Å². The van der Waals surface area contributed by atoms with Gasteiger partial charge in [0.1, 0.15) is 11.6 Å². The van der Waals surface area contributed by atoms with Crippen molar-refractivity contribution in [3.63, 3.8) is 0 Å². The van der Waals surface area contributed by atoms with Gasteiger partial charge in [-0.3, -0.25) is 5.43 Å². The molecule has 0 bridgehead atoms. The number of hydrazine groups is 1. The van der Waals surface area contributed by atoms with Crippen LogP contribution < -0.4 is 14.9 Å². The van der Waals surface area contributed by atoms with Crippen molar-refractivity contribution in [1.82, 2.24) is 20.4 Å². The Hall–Kier alpha value is -1.98. The minimum Gasteiger partial charge on any atom is -0.490 e. The molecule has 0 radical (unpaired) electrons. The maximum Gasteiger partial charge on any atom is 0.428 e. The van der Waals surface area contributed by atoms with Crippen molar-refractivity contribution in [1.29, 1.82) is 0 Å². The SMILES string of the molecule is COc1cnc(CS(C)(=O)=O)nc1OC(=O)NN1CCOCC1. The van der Waals surface area contributed by atoms with Crippen LogP contribution in [0.5, 0.6) is 11.6 Å². The second kappa shape index (κ2) is 7.53. The third-order valence-electron chi connectivity index (χ3n) is 2.83. The summed E-state index contributed by atoms with van der Waals surface area (Å²) < 4.78 is 37.9. The van der Waals surface area contributed by atoms with Crippen LogP contribution in [0.3, 0.4) is 0 Å². The lowest BCUT2D eigenvalue weighted by Crippen LogP contribution is -2.49. The van der Waals surface area contributed by atoms with E-state index in [-0.39, 0.29) is 23.2 Å². The molecule has 10 nitrogen and oxygen atoms in total. The summed E-state index contributed by atoms with van der Waals surface area (Å²) in [4.78, 5) is 19.7. The van der Waals surface area contributed by atoms with Crippen molar-refractivity contribution in [2.45, 2.75) is 5.75 Å². The molecule has 1 aliphatic heterocycles. The lowest BCUT2D eigenvalue weighted by Gasteiger charge is -2.26. The molecule has 0 aromatic carbocycles. The summed E-state index contributed by atoms with van der Waals surface area (Å²) in [6.07, 6.45) is 1.56. The number of rotatable bonds is 5. The number of amides is 1. The number of morpholine rings is 1. The minimum absolute atomic E-state index is 0.0162. The highest BCUT2D eigenvalue weighted by Crippen LogP contribution is 2.23.